The van der Waals surface area contributed by atoms with Gasteiger partial charge in [-0.1, -0.05) is 11.8 Å². The van der Waals surface area contributed by atoms with Gasteiger partial charge in [0, 0.05) is 30.4 Å². The Kier molecular flexibility index (Phi) is 4.91. The number of rotatable bonds is 5. The lowest BCUT2D eigenvalue weighted by atomic mass is 10.3. The Balaban J connectivity index is 1.69. The highest BCUT2D eigenvalue weighted by molar-refractivity contribution is 8.00. The number of amides is 1. The van der Waals surface area contributed by atoms with E-state index in [1.807, 2.05) is 43.0 Å². The third-order valence-corrected chi connectivity index (χ3v) is 5.26. The van der Waals surface area contributed by atoms with E-state index in [0.717, 1.165) is 11.3 Å². The SMILES string of the molecule is Cc1csc(NC(=O)C(C)Sc2nnc(-c3cccnc3)n2C)n1. The van der Waals surface area contributed by atoms with Crippen LogP contribution in [0.3, 0.4) is 0 Å². The highest BCUT2D eigenvalue weighted by atomic mass is 32.2. The zero-order valence-corrected chi connectivity index (χ0v) is 15.1. The molecule has 3 aromatic heterocycles. The minimum absolute atomic E-state index is 0.111. The number of pyridine rings is 1. The molecule has 0 spiro atoms. The van der Waals surface area contributed by atoms with Gasteiger partial charge in [-0.3, -0.25) is 9.78 Å². The smallest absolute Gasteiger partial charge is 0.239 e. The summed E-state index contributed by atoms with van der Waals surface area (Å²) in [7, 11) is 1.87. The van der Waals surface area contributed by atoms with Crippen molar-refractivity contribution in [2.75, 3.05) is 5.32 Å². The van der Waals surface area contributed by atoms with Crippen molar-refractivity contribution >= 4 is 34.1 Å². The van der Waals surface area contributed by atoms with Crippen molar-refractivity contribution in [3.8, 4) is 11.4 Å². The van der Waals surface area contributed by atoms with E-state index >= 15 is 0 Å². The average molecular weight is 360 g/mol. The number of thiazole rings is 1. The summed E-state index contributed by atoms with van der Waals surface area (Å²) >= 11 is 2.77. The van der Waals surface area contributed by atoms with E-state index in [1.165, 1.54) is 23.1 Å². The van der Waals surface area contributed by atoms with Crippen LogP contribution in [0.2, 0.25) is 0 Å². The molecule has 24 heavy (non-hydrogen) atoms. The van der Waals surface area contributed by atoms with Gasteiger partial charge in [0.15, 0.2) is 16.1 Å². The Morgan fingerprint density at radius 2 is 2.25 bits per heavy atom. The van der Waals surface area contributed by atoms with Crippen molar-refractivity contribution in [1.82, 2.24) is 24.7 Å². The van der Waals surface area contributed by atoms with E-state index in [2.05, 4.69) is 25.5 Å². The van der Waals surface area contributed by atoms with Gasteiger partial charge in [0.2, 0.25) is 5.91 Å². The number of nitrogens with one attached hydrogen (secondary N) is 1. The molecule has 1 amide bonds. The molecule has 0 aromatic carbocycles. The highest BCUT2D eigenvalue weighted by Crippen LogP contribution is 2.26. The quantitative estimate of drug-likeness (QED) is 0.704. The van der Waals surface area contributed by atoms with Crippen molar-refractivity contribution in [3.63, 3.8) is 0 Å². The van der Waals surface area contributed by atoms with Crippen LogP contribution < -0.4 is 5.32 Å². The third-order valence-electron chi connectivity index (χ3n) is 3.26. The normalized spacial score (nSPS) is 12.1. The third kappa shape index (κ3) is 3.62. The molecule has 0 fully saturated rings. The molecule has 0 bridgehead atoms. The first kappa shape index (κ1) is 16.6. The Morgan fingerprint density at radius 1 is 1.42 bits per heavy atom. The molecule has 3 aromatic rings. The largest absolute Gasteiger partial charge is 0.305 e. The summed E-state index contributed by atoms with van der Waals surface area (Å²) in [6.07, 6.45) is 3.45. The van der Waals surface area contributed by atoms with Gasteiger partial charge < -0.3 is 9.88 Å². The molecular weight excluding hydrogens is 344 g/mol. The molecule has 0 aliphatic heterocycles. The number of carbonyl (C=O) groups is 1. The van der Waals surface area contributed by atoms with Crippen LogP contribution in [0.1, 0.15) is 12.6 Å². The lowest BCUT2D eigenvalue weighted by Crippen LogP contribution is -2.22. The summed E-state index contributed by atoms with van der Waals surface area (Å²) in [6.45, 7) is 3.72. The van der Waals surface area contributed by atoms with E-state index in [-0.39, 0.29) is 11.2 Å². The maximum atomic E-state index is 12.3. The first-order valence-corrected chi connectivity index (χ1v) is 9.00. The fraction of sp³-hybridized carbons (Fsp3) is 0.267. The van der Waals surface area contributed by atoms with Crippen LogP contribution >= 0.6 is 23.1 Å². The first-order chi connectivity index (χ1) is 11.5. The topological polar surface area (TPSA) is 85.6 Å². The van der Waals surface area contributed by atoms with Crippen molar-refractivity contribution in [1.29, 1.82) is 0 Å². The first-order valence-electron chi connectivity index (χ1n) is 7.24. The molecule has 1 atom stereocenters. The van der Waals surface area contributed by atoms with Crippen molar-refractivity contribution < 1.29 is 4.79 Å². The average Bonchev–Trinajstić information content (AvgIpc) is 3.14. The van der Waals surface area contributed by atoms with Gasteiger partial charge in [-0.25, -0.2) is 4.98 Å². The molecule has 7 nitrogen and oxygen atoms in total. The van der Waals surface area contributed by atoms with Crippen molar-refractivity contribution in [2.24, 2.45) is 7.05 Å². The lowest BCUT2D eigenvalue weighted by Gasteiger charge is -2.10. The van der Waals surface area contributed by atoms with Gasteiger partial charge in [-0.2, -0.15) is 0 Å². The van der Waals surface area contributed by atoms with Gasteiger partial charge in [-0.15, -0.1) is 21.5 Å². The molecule has 124 valence electrons. The minimum atomic E-state index is -0.321. The monoisotopic (exact) mass is 360 g/mol. The molecule has 3 heterocycles. The van der Waals surface area contributed by atoms with Gasteiger partial charge in [0.1, 0.15) is 0 Å². The molecular formula is C15H16N6OS2. The molecule has 0 aliphatic carbocycles. The summed E-state index contributed by atoms with van der Waals surface area (Å²) in [5.74, 6) is 0.606. The van der Waals surface area contributed by atoms with Gasteiger partial charge in [-0.05, 0) is 26.0 Å². The van der Waals surface area contributed by atoms with Gasteiger partial charge in [0.25, 0.3) is 0 Å². The fourth-order valence-corrected chi connectivity index (χ4v) is 3.50. The molecule has 0 aliphatic rings. The standard InChI is InChI=1S/C15H16N6OS2/c1-9-8-23-14(17-9)18-13(22)10(2)24-15-20-19-12(21(15)3)11-5-4-6-16-7-11/h4-8,10H,1-3H3,(H,17,18,22). The van der Waals surface area contributed by atoms with Crippen LogP contribution in [0.15, 0.2) is 35.1 Å². The Bertz CT molecular complexity index is 845. The number of aromatic nitrogens is 5. The summed E-state index contributed by atoms with van der Waals surface area (Å²) in [4.78, 5) is 20.6. The van der Waals surface area contributed by atoms with Crippen molar-refractivity contribution in [2.45, 2.75) is 24.3 Å². The molecule has 1 unspecified atom stereocenters. The maximum Gasteiger partial charge on any atom is 0.239 e. The van der Waals surface area contributed by atoms with Crippen LogP contribution in [0.25, 0.3) is 11.4 Å². The zero-order chi connectivity index (χ0) is 17.1. The lowest BCUT2D eigenvalue weighted by molar-refractivity contribution is -0.115. The molecule has 0 radical (unpaired) electrons. The number of thioether (sulfide) groups is 1. The molecule has 0 saturated carbocycles. The number of carbonyl (C=O) groups excluding carboxylic acids is 1. The van der Waals surface area contributed by atoms with Crippen LogP contribution in [-0.2, 0) is 11.8 Å². The second-order valence-corrected chi connectivity index (χ2v) is 7.32. The number of nitrogens with zero attached hydrogens (tertiary/aromatic N) is 5. The molecule has 0 saturated heterocycles. The molecule has 3 rings (SSSR count). The van der Waals surface area contributed by atoms with Gasteiger partial charge in [0.05, 0.1) is 10.9 Å². The van der Waals surface area contributed by atoms with Crippen LogP contribution in [0, 0.1) is 6.92 Å². The minimum Gasteiger partial charge on any atom is -0.305 e. The summed E-state index contributed by atoms with van der Waals surface area (Å²) in [5, 5.41) is 14.1. The van der Waals surface area contributed by atoms with Crippen LogP contribution in [0.5, 0.6) is 0 Å². The van der Waals surface area contributed by atoms with Crippen LogP contribution in [0.4, 0.5) is 5.13 Å². The number of anilines is 1. The van der Waals surface area contributed by atoms with E-state index in [1.54, 1.807) is 12.4 Å². The molecule has 9 heteroatoms. The Hall–Kier alpha value is -2.26. The Morgan fingerprint density at radius 3 is 2.92 bits per heavy atom. The van der Waals surface area contributed by atoms with E-state index in [4.69, 9.17) is 0 Å². The Labute approximate surface area is 147 Å². The zero-order valence-electron chi connectivity index (χ0n) is 13.4. The van der Waals surface area contributed by atoms with Gasteiger partial charge >= 0.3 is 0 Å². The maximum absolute atomic E-state index is 12.3. The second kappa shape index (κ2) is 7.10. The van der Waals surface area contributed by atoms with E-state index < -0.39 is 0 Å². The summed E-state index contributed by atoms with van der Waals surface area (Å²) in [5.41, 5.74) is 1.78. The number of aryl methyl sites for hydroxylation is 1. The van der Waals surface area contributed by atoms with E-state index in [9.17, 15) is 4.79 Å². The van der Waals surface area contributed by atoms with Crippen LogP contribution in [-0.4, -0.2) is 35.9 Å². The second-order valence-electron chi connectivity index (χ2n) is 5.15. The predicted octanol–water partition coefficient (Wildman–Crippen LogP) is 2.76. The molecule has 1 N–H and O–H groups in total. The predicted molar refractivity (Wildman–Crippen MR) is 95.0 cm³/mol. The summed E-state index contributed by atoms with van der Waals surface area (Å²) in [6, 6.07) is 3.77. The number of hydrogen-bond acceptors (Lipinski definition) is 7. The van der Waals surface area contributed by atoms with Crippen molar-refractivity contribution in [3.05, 3.63) is 35.6 Å². The summed E-state index contributed by atoms with van der Waals surface area (Å²) < 4.78 is 1.86. The van der Waals surface area contributed by atoms with E-state index in [0.29, 0.717) is 16.1 Å². The number of hydrogen-bond donors (Lipinski definition) is 1. The highest BCUT2D eigenvalue weighted by Gasteiger charge is 2.20. The fourth-order valence-electron chi connectivity index (χ4n) is 1.99.